The van der Waals surface area contributed by atoms with Gasteiger partial charge in [0.25, 0.3) is 0 Å². The lowest BCUT2D eigenvalue weighted by molar-refractivity contribution is -0.144. The number of benzene rings is 1. The topological polar surface area (TPSA) is 46.5 Å². The Labute approximate surface area is 147 Å². The summed E-state index contributed by atoms with van der Waals surface area (Å²) in [6.45, 7) is 3.96. The average molecular weight is 342 g/mol. The van der Waals surface area contributed by atoms with Gasteiger partial charge >= 0.3 is 5.97 Å². The third-order valence-corrected chi connectivity index (χ3v) is 6.14. The first-order chi connectivity index (χ1) is 11.9. The maximum absolute atomic E-state index is 14.0. The van der Waals surface area contributed by atoms with E-state index >= 15 is 0 Å². The van der Waals surface area contributed by atoms with E-state index < -0.39 is 5.60 Å². The molecule has 4 heteroatoms. The molecule has 132 valence electrons. The Kier molecular flexibility index (Phi) is 3.84. The van der Waals surface area contributed by atoms with Gasteiger partial charge in [0, 0.05) is 23.0 Å². The first kappa shape index (κ1) is 16.5. The number of esters is 1. The summed E-state index contributed by atoms with van der Waals surface area (Å²) in [5.41, 5.74) is 2.63. The van der Waals surface area contributed by atoms with Crippen molar-refractivity contribution in [2.75, 3.05) is 0 Å². The molecule has 3 nitrogen and oxygen atoms in total. The molecular formula is C21H23FO3. The summed E-state index contributed by atoms with van der Waals surface area (Å²) in [5.74, 6) is -0.979. The van der Waals surface area contributed by atoms with Crippen LogP contribution in [0.5, 0.6) is 0 Å². The standard InChI is InChI=1S/C21H23FO3/c1-12-7-8-15-16(11-13-5-3-4-6-17(13)22)20(23)25-19(15)18-14(12)9-10-21(18,2)24/h3-6,11,15,18-19,24H,7-10H2,1-2H3/b16-11-/t15-,18-,19-,21+/m0/s1. The summed E-state index contributed by atoms with van der Waals surface area (Å²) in [6, 6.07) is 6.45. The smallest absolute Gasteiger partial charge is 0.334 e. The number of carbonyl (C=O) groups excluding carboxylic acids is 1. The van der Waals surface area contributed by atoms with Gasteiger partial charge in [-0.2, -0.15) is 0 Å². The van der Waals surface area contributed by atoms with Crippen molar-refractivity contribution in [3.8, 4) is 0 Å². The molecule has 2 aliphatic carbocycles. The molecule has 1 aromatic carbocycles. The molecule has 0 aromatic heterocycles. The van der Waals surface area contributed by atoms with Crippen molar-refractivity contribution >= 4 is 12.0 Å². The average Bonchev–Trinajstić information content (AvgIpc) is 2.98. The minimum Gasteiger partial charge on any atom is -0.458 e. The minimum atomic E-state index is -0.864. The third kappa shape index (κ3) is 2.63. The molecule has 1 saturated carbocycles. The predicted molar refractivity (Wildman–Crippen MR) is 93.0 cm³/mol. The molecule has 1 saturated heterocycles. The molecule has 0 spiro atoms. The highest BCUT2D eigenvalue weighted by Gasteiger charge is 2.54. The molecule has 1 aliphatic heterocycles. The van der Waals surface area contributed by atoms with Crippen LogP contribution in [0, 0.1) is 17.7 Å². The van der Waals surface area contributed by atoms with Gasteiger partial charge in [0.1, 0.15) is 11.9 Å². The molecule has 1 N–H and O–H groups in total. The van der Waals surface area contributed by atoms with Gasteiger partial charge in [0.2, 0.25) is 0 Å². The van der Waals surface area contributed by atoms with Crippen LogP contribution in [0.25, 0.3) is 6.08 Å². The van der Waals surface area contributed by atoms with Crippen molar-refractivity contribution in [2.24, 2.45) is 11.8 Å². The number of aliphatic hydroxyl groups is 1. The summed E-state index contributed by atoms with van der Waals surface area (Å²) in [5, 5.41) is 10.9. The van der Waals surface area contributed by atoms with Crippen LogP contribution in [0.2, 0.25) is 0 Å². The van der Waals surface area contributed by atoms with Crippen LogP contribution < -0.4 is 0 Å². The molecular weight excluding hydrogens is 319 g/mol. The Morgan fingerprint density at radius 3 is 2.84 bits per heavy atom. The van der Waals surface area contributed by atoms with E-state index in [0.717, 1.165) is 19.3 Å². The fraction of sp³-hybridized carbons (Fsp3) is 0.476. The monoisotopic (exact) mass is 342 g/mol. The first-order valence-corrected chi connectivity index (χ1v) is 8.96. The molecule has 4 atom stereocenters. The molecule has 3 aliphatic rings. The highest BCUT2D eigenvalue weighted by Crippen LogP contribution is 2.52. The quantitative estimate of drug-likeness (QED) is 0.476. The Hall–Kier alpha value is -1.94. The molecule has 1 aromatic rings. The Morgan fingerprint density at radius 2 is 2.08 bits per heavy atom. The van der Waals surface area contributed by atoms with Gasteiger partial charge in [0.05, 0.1) is 5.60 Å². The van der Waals surface area contributed by atoms with Crippen molar-refractivity contribution < 1.29 is 19.0 Å². The van der Waals surface area contributed by atoms with E-state index in [1.54, 1.807) is 24.3 Å². The highest BCUT2D eigenvalue weighted by atomic mass is 19.1. The van der Waals surface area contributed by atoms with Gasteiger partial charge in [-0.25, -0.2) is 9.18 Å². The fourth-order valence-corrected chi connectivity index (χ4v) is 4.79. The number of ether oxygens (including phenoxy) is 1. The lowest BCUT2D eigenvalue weighted by Crippen LogP contribution is -2.40. The number of hydrogen-bond acceptors (Lipinski definition) is 3. The SMILES string of the molecule is CC1=C2CC[C@@](C)(O)[C@@H]2[C@H]2OC(=O)/C(=C\c3ccccc3F)[C@@H]2CC1. The third-order valence-electron chi connectivity index (χ3n) is 6.14. The van der Waals surface area contributed by atoms with Gasteiger partial charge in [0.15, 0.2) is 0 Å². The molecule has 1 heterocycles. The van der Waals surface area contributed by atoms with Gasteiger partial charge in [-0.15, -0.1) is 0 Å². The van der Waals surface area contributed by atoms with Crippen molar-refractivity contribution in [3.63, 3.8) is 0 Å². The molecule has 4 rings (SSSR count). The van der Waals surface area contributed by atoms with Crippen LogP contribution in [-0.2, 0) is 9.53 Å². The minimum absolute atomic E-state index is 0.103. The van der Waals surface area contributed by atoms with Crippen LogP contribution in [0.3, 0.4) is 0 Å². The Morgan fingerprint density at radius 1 is 1.32 bits per heavy atom. The van der Waals surface area contributed by atoms with E-state index in [4.69, 9.17) is 4.74 Å². The van der Waals surface area contributed by atoms with E-state index in [2.05, 4.69) is 6.92 Å². The summed E-state index contributed by atoms with van der Waals surface area (Å²) < 4.78 is 19.8. The summed E-state index contributed by atoms with van der Waals surface area (Å²) in [6.07, 6.45) is 4.50. The normalized spacial score (nSPS) is 36.2. The second-order valence-corrected chi connectivity index (χ2v) is 7.78. The molecule has 25 heavy (non-hydrogen) atoms. The molecule has 0 bridgehead atoms. The van der Waals surface area contributed by atoms with E-state index in [1.165, 1.54) is 17.2 Å². The fourth-order valence-electron chi connectivity index (χ4n) is 4.79. The lowest BCUT2D eigenvalue weighted by Gasteiger charge is -2.32. The maximum atomic E-state index is 14.0. The highest BCUT2D eigenvalue weighted by molar-refractivity contribution is 5.96. The number of fused-ring (bicyclic) bond motifs is 3. The number of carbonyl (C=O) groups is 1. The van der Waals surface area contributed by atoms with Gasteiger partial charge in [-0.1, -0.05) is 29.3 Å². The molecule has 2 fully saturated rings. The van der Waals surface area contributed by atoms with Gasteiger partial charge in [-0.3, -0.25) is 0 Å². The first-order valence-electron chi connectivity index (χ1n) is 8.96. The molecule has 0 unspecified atom stereocenters. The Balaban J connectivity index is 1.76. The van der Waals surface area contributed by atoms with Crippen LogP contribution in [0.1, 0.15) is 45.1 Å². The number of rotatable bonds is 1. The van der Waals surface area contributed by atoms with Crippen molar-refractivity contribution in [1.29, 1.82) is 0 Å². The zero-order chi connectivity index (χ0) is 17.8. The molecule has 0 radical (unpaired) electrons. The number of halogens is 1. The van der Waals surface area contributed by atoms with E-state index in [1.807, 2.05) is 6.92 Å². The number of hydrogen-bond donors (Lipinski definition) is 1. The van der Waals surface area contributed by atoms with Crippen molar-refractivity contribution in [2.45, 2.75) is 51.2 Å². The largest absolute Gasteiger partial charge is 0.458 e. The summed E-state index contributed by atoms with van der Waals surface area (Å²) >= 11 is 0. The maximum Gasteiger partial charge on any atom is 0.334 e. The van der Waals surface area contributed by atoms with Gasteiger partial charge in [-0.05, 0) is 51.7 Å². The predicted octanol–water partition coefficient (Wildman–Crippen LogP) is 4.02. The van der Waals surface area contributed by atoms with Crippen molar-refractivity contribution in [3.05, 3.63) is 52.4 Å². The summed E-state index contributed by atoms with van der Waals surface area (Å²) in [7, 11) is 0. The zero-order valence-corrected chi connectivity index (χ0v) is 14.6. The second kappa shape index (κ2) is 5.80. The van der Waals surface area contributed by atoms with Crippen molar-refractivity contribution in [1.82, 2.24) is 0 Å². The summed E-state index contributed by atoms with van der Waals surface area (Å²) in [4.78, 5) is 12.5. The van der Waals surface area contributed by atoms with Crippen LogP contribution in [0.15, 0.2) is 41.0 Å². The van der Waals surface area contributed by atoms with Crippen LogP contribution >= 0.6 is 0 Å². The number of allylic oxidation sites excluding steroid dienone is 1. The molecule has 0 amide bonds. The van der Waals surface area contributed by atoms with E-state index in [0.29, 0.717) is 17.6 Å². The van der Waals surface area contributed by atoms with E-state index in [-0.39, 0.29) is 29.7 Å². The van der Waals surface area contributed by atoms with Crippen LogP contribution in [0.4, 0.5) is 4.39 Å². The van der Waals surface area contributed by atoms with E-state index in [9.17, 15) is 14.3 Å². The van der Waals surface area contributed by atoms with Crippen LogP contribution in [-0.4, -0.2) is 22.8 Å². The second-order valence-electron chi connectivity index (χ2n) is 7.78. The zero-order valence-electron chi connectivity index (χ0n) is 14.6. The van der Waals surface area contributed by atoms with Gasteiger partial charge < -0.3 is 9.84 Å². The Bertz CT molecular complexity index is 790. The lowest BCUT2D eigenvalue weighted by atomic mass is 9.79.